The van der Waals surface area contributed by atoms with E-state index in [9.17, 15) is 4.39 Å². The SMILES string of the molecule is C=CC[C@H](N)c1c(F)ccc(C)c1Cl.Cl. The van der Waals surface area contributed by atoms with Crippen LogP contribution in [0.25, 0.3) is 0 Å². The third kappa shape index (κ3) is 3.20. The molecule has 1 aromatic carbocycles. The van der Waals surface area contributed by atoms with Crippen molar-refractivity contribution < 1.29 is 4.39 Å². The molecular formula is C11H14Cl2FN. The zero-order chi connectivity index (χ0) is 10.7. The molecule has 0 aliphatic rings. The summed E-state index contributed by atoms with van der Waals surface area (Å²) in [4.78, 5) is 0. The maximum absolute atomic E-state index is 13.4. The molecule has 0 aliphatic carbocycles. The minimum atomic E-state index is -0.417. The number of hydrogen-bond acceptors (Lipinski definition) is 1. The fraction of sp³-hybridized carbons (Fsp3) is 0.273. The van der Waals surface area contributed by atoms with Crippen LogP contribution in [0.5, 0.6) is 0 Å². The first-order valence-corrected chi connectivity index (χ1v) is 4.76. The Morgan fingerprint density at radius 1 is 1.60 bits per heavy atom. The summed E-state index contributed by atoms with van der Waals surface area (Å²) in [5, 5.41) is 0.416. The number of hydrogen-bond donors (Lipinski definition) is 1. The lowest BCUT2D eigenvalue weighted by atomic mass is 10.0. The molecule has 0 heterocycles. The highest BCUT2D eigenvalue weighted by molar-refractivity contribution is 6.32. The zero-order valence-electron chi connectivity index (χ0n) is 8.47. The molecule has 0 fully saturated rings. The first-order chi connectivity index (χ1) is 6.57. The van der Waals surface area contributed by atoms with Crippen LogP contribution in [-0.4, -0.2) is 0 Å². The summed E-state index contributed by atoms with van der Waals surface area (Å²) >= 11 is 5.97. The fourth-order valence-corrected chi connectivity index (χ4v) is 1.61. The predicted octanol–water partition coefficient (Wildman–Crippen LogP) is 3.79. The van der Waals surface area contributed by atoms with Crippen molar-refractivity contribution in [2.45, 2.75) is 19.4 Å². The highest BCUT2D eigenvalue weighted by atomic mass is 35.5. The van der Waals surface area contributed by atoms with E-state index in [1.807, 2.05) is 6.92 Å². The Balaban J connectivity index is 0.00000196. The minimum Gasteiger partial charge on any atom is -0.324 e. The number of halogens is 3. The number of nitrogens with two attached hydrogens (primary N) is 1. The molecule has 1 rings (SSSR count). The summed E-state index contributed by atoms with van der Waals surface area (Å²) in [6, 6.07) is 2.61. The quantitative estimate of drug-likeness (QED) is 0.811. The first-order valence-electron chi connectivity index (χ1n) is 4.39. The molecule has 0 radical (unpaired) electrons. The summed E-state index contributed by atoms with van der Waals surface area (Å²) in [6.07, 6.45) is 2.17. The van der Waals surface area contributed by atoms with Crippen LogP contribution in [0.3, 0.4) is 0 Å². The summed E-state index contributed by atoms with van der Waals surface area (Å²) in [5.74, 6) is -0.352. The Morgan fingerprint density at radius 3 is 2.73 bits per heavy atom. The van der Waals surface area contributed by atoms with Crippen LogP contribution >= 0.6 is 24.0 Å². The average molecular weight is 250 g/mol. The van der Waals surface area contributed by atoms with Gasteiger partial charge >= 0.3 is 0 Å². The molecule has 1 nitrogen and oxygen atoms in total. The fourth-order valence-electron chi connectivity index (χ4n) is 1.32. The second-order valence-corrected chi connectivity index (χ2v) is 3.60. The third-order valence-corrected chi connectivity index (χ3v) is 2.61. The lowest BCUT2D eigenvalue weighted by Gasteiger charge is -2.14. The van der Waals surface area contributed by atoms with Crippen LogP contribution in [0.2, 0.25) is 5.02 Å². The lowest BCUT2D eigenvalue weighted by Crippen LogP contribution is -2.12. The molecule has 1 aromatic rings. The molecule has 4 heteroatoms. The molecule has 0 bridgehead atoms. The molecule has 0 amide bonds. The molecule has 0 aliphatic heterocycles. The van der Waals surface area contributed by atoms with Gasteiger partial charge in [-0.3, -0.25) is 0 Å². The van der Waals surface area contributed by atoms with E-state index in [1.165, 1.54) is 6.07 Å². The Bertz CT molecular complexity index is 353. The van der Waals surface area contributed by atoms with Gasteiger partial charge in [0.2, 0.25) is 0 Å². The summed E-state index contributed by atoms with van der Waals surface area (Å²) in [5.41, 5.74) is 7.00. The van der Waals surface area contributed by atoms with Crippen molar-refractivity contribution in [3.63, 3.8) is 0 Å². The van der Waals surface area contributed by atoms with Crippen molar-refractivity contribution >= 4 is 24.0 Å². The molecule has 15 heavy (non-hydrogen) atoms. The van der Waals surface area contributed by atoms with E-state index in [4.69, 9.17) is 17.3 Å². The highest BCUT2D eigenvalue weighted by Gasteiger charge is 2.15. The van der Waals surface area contributed by atoms with E-state index in [2.05, 4.69) is 6.58 Å². The normalized spacial score (nSPS) is 11.7. The molecule has 0 spiro atoms. The Hall–Kier alpha value is -0.570. The van der Waals surface area contributed by atoms with Crippen molar-refractivity contribution in [1.82, 2.24) is 0 Å². The highest BCUT2D eigenvalue weighted by Crippen LogP contribution is 2.29. The van der Waals surface area contributed by atoms with Gasteiger partial charge in [-0.25, -0.2) is 4.39 Å². The van der Waals surface area contributed by atoms with Crippen molar-refractivity contribution in [2.24, 2.45) is 5.73 Å². The van der Waals surface area contributed by atoms with Gasteiger partial charge < -0.3 is 5.73 Å². The van der Waals surface area contributed by atoms with Crippen LogP contribution in [0.4, 0.5) is 4.39 Å². The Kier molecular flexibility index (Phi) is 5.88. The molecule has 0 unspecified atom stereocenters. The van der Waals surface area contributed by atoms with Gasteiger partial charge in [0.05, 0.1) is 5.02 Å². The van der Waals surface area contributed by atoms with Crippen LogP contribution in [0.1, 0.15) is 23.6 Å². The van der Waals surface area contributed by atoms with E-state index in [0.717, 1.165) is 5.56 Å². The van der Waals surface area contributed by atoms with Gasteiger partial charge in [-0.1, -0.05) is 23.7 Å². The van der Waals surface area contributed by atoms with Gasteiger partial charge in [0.1, 0.15) is 5.82 Å². The second-order valence-electron chi connectivity index (χ2n) is 3.22. The van der Waals surface area contributed by atoms with E-state index >= 15 is 0 Å². The predicted molar refractivity (Wildman–Crippen MR) is 65.1 cm³/mol. The smallest absolute Gasteiger partial charge is 0.129 e. The molecule has 1 atom stereocenters. The maximum Gasteiger partial charge on any atom is 0.129 e. The molecule has 0 saturated heterocycles. The average Bonchev–Trinajstić information content (AvgIpc) is 2.13. The first kappa shape index (κ1) is 14.4. The van der Waals surface area contributed by atoms with E-state index < -0.39 is 6.04 Å². The third-order valence-electron chi connectivity index (χ3n) is 2.11. The van der Waals surface area contributed by atoms with Crippen molar-refractivity contribution in [3.8, 4) is 0 Å². The monoisotopic (exact) mass is 249 g/mol. The summed E-state index contributed by atoms with van der Waals surface area (Å²) in [7, 11) is 0. The largest absolute Gasteiger partial charge is 0.324 e. The van der Waals surface area contributed by atoms with Crippen molar-refractivity contribution in [1.29, 1.82) is 0 Å². The molecule has 84 valence electrons. The number of rotatable bonds is 3. The van der Waals surface area contributed by atoms with E-state index in [0.29, 0.717) is 17.0 Å². The summed E-state index contributed by atoms with van der Waals surface area (Å²) in [6.45, 7) is 5.39. The van der Waals surface area contributed by atoms with Gasteiger partial charge in [-0.2, -0.15) is 0 Å². The van der Waals surface area contributed by atoms with Gasteiger partial charge in [-0.15, -0.1) is 19.0 Å². The molecule has 0 saturated carbocycles. The Morgan fingerprint density at radius 2 is 2.20 bits per heavy atom. The van der Waals surface area contributed by atoms with Crippen LogP contribution < -0.4 is 5.73 Å². The van der Waals surface area contributed by atoms with Crippen LogP contribution in [0, 0.1) is 12.7 Å². The van der Waals surface area contributed by atoms with Gasteiger partial charge in [0, 0.05) is 11.6 Å². The van der Waals surface area contributed by atoms with Crippen molar-refractivity contribution in [3.05, 3.63) is 46.8 Å². The van der Waals surface area contributed by atoms with Crippen molar-refractivity contribution in [2.75, 3.05) is 0 Å². The Labute approximate surface area is 101 Å². The number of benzene rings is 1. The van der Waals surface area contributed by atoms with E-state index in [1.54, 1.807) is 12.1 Å². The minimum absolute atomic E-state index is 0. The molecule has 2 N–H and O–H groups in total. The molecular weight excluding hydrogens is 236 g/mol. The van der Waals surface area contributed by atoms with Gasteiger partial charge in [-0.05, 0) is 25.0 Å². The standard InChI is InChI=1S/C11H13ClFN.ClH/c1-3-4-9(14)10-8(13)6-5-7(2)11(10)12;/h3,5-6,9H,1,4,14H2,2H3;1H/t9-;/m0./s1. The zero-order valence-corrected chi connectivity index (χ0v) is 10.0. The maximum atomic E-state index is 13.4. The second kappa shape index (κ2) is 6.11. The molecule has 0 aromatic heterocycles. The topological polar surface area (TPSA) is 26.0 Å². The van der Waals surface area contributed by atoms with Gasteiger partial charge in [0.25, 0.3) is 0 Å². The number of aryl methyl sites for hydroxylation is 1. The summed E-state index contributed by atoms with van der Waals surface area (Å²) < 4.78 is 13.4. The lowest BCUT2D eigenvalue weighted by molar-refractivity contribution is 0.583. The van der Waals surface area contributed by atoms with Crippen LogP contribution in [-0.2, 0) is 0 Å². The van der Waals surface area contributed by atoms with E-state index in [-0.39, 0.29) is 18.2 Å². The van der Waals surface area contributed by atoms with Gasteiger partial charge in [0.15, 0.2) is 0 Å². The van der Waals surface area contributed by atoms with Crippen LogP contribution in [0.15, 0.2) is 24.8 Å².